The molecule has 1 unspecified atom stereocenters. The van der Waals surface area contributed by atoms with Crippen LogP contribution in [0.2, 0.25) is 0 Å². The van der Waals surface area contributed by atoms with Gasteiger partial charge in [-0.3, -0.25) is 9.80 Å². The molecule has 0 spiro atoms. The molecule has 194 valence electrons. The van der Waals surface area contributed by atoms with Gasteiger partial charge in [0.2, 0.25) is 0 Å². The van der Waals surface area contributed by atoms with E-state index in [2.05, 4.69) is 77.8 Å². The number of nitrogens with zero attached hydrogens (tertiary/aromatic N) is 3. The number of aromatic nitrogens is 2. The number of halogens is 1. The number of aromatic amines is 1. The molecule has 37 heavy (non-hydrogen) atoms. The van der Waals surface area contributed by atoms with Crippen molar-refractivity contribution in [3.63, 3.8) is 0 Å². The fraction of sp³-hybridized carbons (Fsp3) is 0.406. The van der Waals surface area contributed by atoms with Crippen molar-refractivity contribution in [1.29, 1.82) is 0 Å². The lowest BCUT2D eigenvalue weighted by atomic mass is 9.82. The van der Waals surface area contributed by atoms with Gasteiger partial charge >= 0.3 is 0 Å². The molecule has 0 bridgehead atoms. The first-order valence-electron chi connectivity index (χ1n) is 13.6. The van der Waals surface area contributed by atoms with Gasteiger partial charge in [0.05, 0.1) is 0 Å². The number of rotatable bonds is 7. The Morgan fingerprint density at radius 1 is 0.946 bits per heavy atom. The molecule has 0 saturated carbocycles. The molecule has 2 aromatic heterocycles. The molecule has 1 N–H and O–H groups in total. The molecule has 1 aliphatic rings. The van der Waals surface area contributed by atoms with Crippen LogP contribution in [-0.4, -0.2) is 52.0 Å². The van der Waals surface area contributed by atoms with E-state index in [9.17, 15) is 4.39 Å². The van der Waals surface area contributed by atoms with Gasteiger partial charge in [-0.1, -0.05) is 70.5 Å². The highest BCUT2D eigenvalue weighted by molar-refractivity contribution is 5.95. The molecule has 4 aromatic rings. The van der Waals surface area contributed by atoms with Gasteiger partial charge in [-0.15, -0.1) is 0 Å². The summed E-state index contributed by atoms with van der Waals surface area (Å²) in [6, 6.07) is 18.4. The minimum absolute atomic E-state index is 0.233. The number of H-pyrrole nitrogens is 1. The van der Waals surface area contributed by atoms with E-state index in [-0.39, 0.29) is 5.82 Å². The van der Waals surface area contributed by atoms with Crippen molar-refractivity contribution in [2.45, 2.75) is 53.1 Å². The molecule has 1 saturated heterocycles. The number of nitrogens with one attached hydrogen (secondary N) is 1. The fourth-order valence-corrected chi connectivity index (χ4v) is 5.79. The molecule has 1 atom stereocenters. The maximum Gasteiger partial charge on any atom is 0.137 e. The monoisotopic (exact) mass is 498 g/mol. The molecule has 0 aliphatic carbocycles. The fourth-order valence-electron chi connectivity index (χ4n) is 5.79. The average molecular weight is 499 g/mol. The van der Waals surface area contributed by atoms with E-state index in [0.29, 0.717) is 11.5 Å². The lowest BCUT2D eigenvalue weighted by Crippen LogP contribution is -2.53. The second-order valence-corrected chi connectivity index (χ2v) is 11.5. The highest BCUT2D eigenvalue weighted by Gasteiger charge is 2.31. The van der Waals surface area contributed by atoms with Crippen LogP contribution in [0, 0.1) is 11.2 Å². The normalized spacial score (nSPS) is 16.4. The van der Waals surface area contributed by atoms with Gasteiger partial charge in [-0.25, -0.2) is 9.37 Å². The molecule has 5 heteroatoms. The molecule has 0 amide bonds. The molecule has 1 fully saturated rings. The first-order chi connectivity index (χ1) is 17.8. The Morgan fingerprint density at radius 2 is 1.70 bits per heavy atom. The van der Waals surface area contributed by atoms with Crippen LogP contribution in [0.1, 0.15) is 46.1 Å². The topological polar surface area (TPSA) is 35.2 Å². The lowest BCUT2D eigenvalue weighted by Gasteiger charge is -2.44. The summed E-state index contributed by atoms with van der Waals surface area (Å²) in [7, 11) is 0. The van der Waals surface area contributed by atoms with Crippen molar-refractivity contribution in [2.24, 2.45) is 5.41 Å². The van der Waals surface area contributed by atoms with Crippen LogP contribution < -0.4 is 0 Å². The van der Waals surface area contributed by atoms with Gasteiger partial charge < -0.3 is 4.98 Å². The van der Waals surface area contributed by atoms with E-state index in [0.717, 1.165) is 66.0 Å². The lowest BCUT2D eigenvalue weighted by molar-refractivity contribution is 0.0381. The minimum Gasteiger partial charge on any atom is -0.346 e. The average Bonchev–Trinajstić information content (AvgIpc) is 3.31. The van der Waals surface area contributed by atoms with Crippen LogP contribution in [0.5, 0.6) is 0 Å². The Morgan fingerprint density at radius 3 is 2.38 bits per heavy atom. The predicted octanol–water partition coefficient (Wildman–Crippen LogP) is 7.37. The van der Waals surface area contributed by atoms with Crippen LogP contribution >= 0.6 is 0 Å². The molecular weight excluding hydrogens is 459 g/mol. The van der Waals surface area contributed by atoms with Crippen molar-refractivity contribution in [3.05, 3.63) is 78.4 Å². The number of hydrogen-bond donors (Lipinski definition) is 1. The second kappa shape index (κ2) is 10.8. The maximum atomic E-state index is 13.8. The highest BCUT2D eigenvalue weighted by atomic mass is 19.1. The van der Waals surface area contributed by atoms with Gasteiger partial charge in [0.25, 0.3) is 0 Å². The molecule has 4 nitrogen and oxygen atoms in total. The zero-order chi connectivity index (χ0) is 26.0. The summed E-state index contributed by atoms with van der Waals surface area (Å²) in [5.41, 5.74) is 6.50. The number of fused-ring (bicyclic) bond motifs is 1. The zero-order valence-electron chi connectivity index (χ0n) is 22.6. The number of piperazine rings is 1. The van der Waals surface area contributed by atoms with Gasteiger partial charge in [-0.2, -0.15) is 0 Å². The third-order valence-corrected chi connectivity index (χ3v) is 7.77. The van der Waals surface area contributed by atoms with Gasteiger partial charge in [0.1, 0.15) is 11.5 Å². The molecular formula is C32H39FN4. The van der Waals surface area contributed by atoms with Crippen LogP contribution in [0.3, 0.4) is 0 Å². The standard InChI is InChI=1S/C32H39FN4/c1-5-7-30(32(2,3)4)37-16-14-36(15-17-37)22-23-10-12-24(13-11-23)26-19-28-29(21-35-31(28)34-20-26)25-8-6-9-27(33)18-25/h6,8-13,18-21,30H,5,7,14-17,22H2,1-4H3,(H,34,35). The third-order valence-electron chi connectivity index (χ3n) is 7.77. The summed E-state index contributed by atoms with van der Waals surface area (Å²) in [6.07, 6.45) is 6.33. The molecule has 2 aromatic carbocycles. The van der Waals surface area contributed by atoms with E-state index >= 15 is 0 Å². The van der Waals surface area contributed by atoms with E-state index in [1.54, 1.807) is 12.1 Å². The van der Waals surface area contributed by atoms with Crippen molar-refractivity contribution in [3.8, 4) is 22.3 Å². The SMILES string of the molecule is CCCC(N1CCN(Cc2ccc(-c3cnc4[nH]cc(-c5cccc(F)c5)c4c3)cc2)CC1)C(C)(C)C. The summed E-state index contributed by atoms with van der Waals surface area (Å²) in [5, 5.41) is 1.00. The molecule has 0 radical (unpaired) electrons. The summed E-state index contributed by atoms with van der Waals surface area (Å²) in [5.74, 6) is -0.233. The number of benzene rings is 2. The first kappa shape index (κ1) is 25.6. The maximum absolute atomic E-state index is 13.8. The summed E-state index contributed by atoms with van der Waals surface area (Å²) >= 11 is 0. The zero-order valence-corrected chi connectivity index (χ0v) is 22.6. The Bertz CT molecular complexity index is 1330. The largest absolute Gasteiger partial charge is 0.346 e. The van der Waals surface area contributed by atoms with Crippen molar-refractivity contribution >= 4 is 11.0 Å². The molecule has 3 heterocycles. The Balaban J connectivity index is 1.26. The summed E-state index contributed by atoms with van der Waals surface area (Å²) < 4.78 is 13.8. The van der Waals surface area contributed by atoms with Crippen molar-refractivity contribution < 1.29 is 4.39 Å². The van der Waals surface area contributed by atoms with Crippen molar-refractivity contribution in [2.75, 3.05) is 26.2 Å². The van der Waals surface area contributed by atoms with Crippen LogP contribution in [0.25, 0.3) is 33.3 Å². The Hall–Kier alpha value is -3.02. The molecule has 1 aliphatic heterocycles. The van der Waals surface area contributed by atoms with Gasteiger partial charge in [0.15, 0.2) is 0 Å². The van der Waals surface area contributed by atoms with E-state index in [1.165, 1.54) is 24.5 Å². The Kier molecular flexibility index (Phi) is 7.45. The third kappa shape index (κ3) is 5.78. The summed E-state index contributed by atoms with van der Waals surface area (Å²) in [4.78, 5) is 13.1. The second-order valence-electron chi connectivity index (χ2n) is 11.5. The highest BCUT2D eigenvalue weighted by Crippen LogP contribution is 2.32. The van der Waals surface area contributed by atoms with Gasteiger partial charge in [0, 0.05) is 67.7 Å². The van der Waals surface area contributed by atoms with Crippen LogP contribution in [0.15, 0.2) is 67.0 Å². The number of pyridine rings is 1. The van der Waals surface area contributed by atoms with Crippen LogP contribution in [-0.2, 0) is 6.54 Å². The summed E-state index contributed by atoms with van der Waals surface area (Å²) in [6.45, 7) is 15.0. The van der Waals surface area contributed by atoms with E-state index in [4.69, 9.17) is 0 Å². The Labute approximate surface area is 220 Å². The first-order valence-corrected chi connectivity index (χ1v) is 13.6. The number of hydrogen-bond acceptors (Lipinski definition) is 3. The van der Waals surface area contributed by atoms with Crippen molar-refractivity contribution in [1.82, 2.24) is 19.8 Å². The predicted molar refractivity (Wildman–Crippen MR) is 152 cm³/mol. The van der Waals surface area contributed by atoms with Crippen LogP contribution in [0.4, 0.5) is 4.39 Å². The quantitative estimate of drug-likeness (QED) is 0.289. The van der Waals surface area contributed by atoms with E-state index in [1.807, 2.05) is 18.5 Å². The van der Waals surface area contributed by atoms with Gasteiger partial charge in [-0.05, 0) is 46.7 Å². The van der Waals surface area contributed by atoms with E-state index < -0.39 is 0 Å². The smallest absolute Gasteiger partial charge is 0.137 e. The minimum atomic E-state index is -0.233. The molecule has 5 rings (SSSR count).